The number of nitrogens with one attached hydrogen (secondary N) is 1. The van der Waals surface area contributed by atoms with Crippen LogP contribution >= 0.6 is 0 Å². The van der Waals surface area contributed by atoms with E-state index < -0.39 is 12.2 Å². The Balaban J connectivity index is 1.76. The van der Waals surface area contributed by atoms with Gasteiger partial charge in [-0.05, 0) is 24.8 Å². The van der Waals surface area contributed by atoms with Gasteiger partial charge in [0.1, 0.15) is 6.10 Å². The molecule has 20 heavy (non-hydrogen) atoms. The van der Waals surface area contributed by atoms with Gasteiger partial charge in [0.15, 0.2) is 0 Å². The van der Waals surface area contributed by atoms with Crippen LogP contribution in [-0.2, 0) is 4.79 Å². The molecule has 1 aromatic carbocycles. The zero-order valence-electron chi connectivity index (χ0n) is 11.4. The molecule has 2 aliphatic carbocycles. The third kappa shape index (κ3) is 2.45. The highest BCUT2D eigenvalue weighted by Crippen LogP contribution is 2.36. The van der Waals surface area contributed by atoms with Crippen LogP contribution in [0, 0.1) is 5.92 Å². The van der Waals surface area contributed by atoms with E-state index in [1.54, 1.807) is 0 Å². The molecule has 2 saturated carbocycles. The number of aliphatic hydroxyl groups is 2. The molecule has 3 N–H and O–H groups in total. The molecule has 0 unspecified atom stereocenters. The molecule has 0 bridgehead atoms. The minimum atomic E-state index is -0.885. The highest BCUT2D eigenvalue weighted by molar-refractivity contribution is 5.80. The van der Waals surface area contributed by atoms with Crippen molar-refractivity contribution >= 4 is 5.91 Å². The van der Waals surface area contributed by atoms with Crippen molar-refractivity contribution in [2.45, 2.75) is 49.9 Å². The maximum atomic E-state index is 12.1. The van der Waals surface area contributed by atoms with Crippen molar-refractivity contribution < 1.29 is 15.0 Å². The molecular formula is C16H21NO3. The number of benzene rings is 1. The third-order valence-corrected chi connectivity index (χ3v) is 4.70. The molecule has 4 heteroatoms. The summed E-state index contributed by atoms with van der Waals surface area (Å²) in [7, 11) is 0. The first-order valence-electron chi connectivity index (χ1n) is 7.38. The minimum absolute atomic E-state index is 0.0229. The first kappa shape index (κ1) is 13.6. The van der Waals surface area contributed by atoms with E-state index in [1.807, 2.05) is 30.3 Å². The number of rotatable bonds is 3. The summed E-state index contributed by atoms with van der Waals surface area (Å²) in [6.45, 7) is 0. The Labute approximate surface area is 118 Å². The molecule has 0 radical (unpaired) electrons. The van der Waals surface area contributed by atoms with Crippen LogP contribution in [0.25, 0.3) is 0 Å². The van der Waals surface area contributed by atoms with Crippen LogP contribution in [0.3, 0.4) is 0 Å². The maximum absolute atomic E-state index is 12.1. The van der Waals surface area contributed by atoms with Crippen LogP contribution < -0.4 is 5.32 Å². The summed E-state index contributed by atoms with van der Waals surface area (Å²) in [6.07, 6.45) is 1.81. The van der Waals surface area contributed by atoms with Crippen molar-refractivity contribution in [2.75, 3.05) is 0 Å². The van der Waals surface area contributed by atoms with E-state index >= 15 is 0 Å². The van der Waals surface area contributed by atoms with Crippen molar-refractivity contribution in [3.63, 3.8) is 0 Å². The Bertz CT molecular complexity index is 472. The lowest BCUT2D eigenvalue weighted by Gasteiger charge is -2.29. The van der Waals surface area contributed by atoms with Gasteiger partial charge >= 0.3 is 0 Å². The molecule has 0 spiro atoms. The summed E-state index contributed by atoms with van der Waals surface area (Å²) in [5.74, 6) is 0.0944. The number of amides is 1. The maximum Gasteiger partial charge on any atom is 0.223 e. The summed E-state index contributed by atoms with van der Waals surface area (Å²) in [5.41, 5.74) is 1.06. The smallest absolute Gasteiger partial charge is 0.223 e. The molecular weight excluding hydrogens is 254 g/mol. The normalized spacial score (nSPS) is 33.7. The van der Waals surface area contributed by atoms with E-state index in [1.165, 1.54) is 0 Å². The fraction of sp³-hybridized carbons (Fsp3) is 0.562. The van der Waals surface area contributed by atoms with Crippen LogP contribution in [-0.4, -0.2) is 34.4 Å². The van der Waals surface area contributed by atoms with Crippen molar-refractivity contribution in [2.24, 2.45) is 5.92 Å². The van der Waals surface area contributed by atoms with Gasteiger partial charge < -0.3 is 15.5 Å². The van der Waals surface area contributed by atoms with E-state index in [0.29, 0.717) is 6.42 Å². The zero-order valence-corrected chi connectivity index (χ0v) is 11.4. The van der Waals surface area contributed by atoms with Crippen molar-refractivity contribution in [1.29, 1.82) is 0 Å². The standard InChI is InChI=1S/C16H21NO3/c18-13-9-12(10-5-2-1-3-6-10)14(15(13)19)17-16(20)11-7-4-8-11/h1-3,5-6,11-15,18-19H,4,7-9H2,(H,17,20)/t12-,13-,14-,15-/m1/s1. The van der Waals surface area contributed by atoms with Crippen LogP contribution in [0.4, 0.5) is 0 Å². The second-order valence-corrected chi connectivity index (χ2v) is 5.97. The Morgan fingerprint density at radius 3 is 2.45 bits per heavy atom. The van der Waals surface area contributed by atoms with Crippen LogP contribution in [0.1, 0.15) is 37.2 Å². The molecule has 1 aromatic rings. The Morgan fingerprint density at radius 1 is 1.15 bits per heavy atom. The molecule has 2 fully saturated rings. The minimum Gasteiger partial charge on any atom is -0.390 e. The highest BCUT2D eigenvalue weighted by atomic mass is 16.3. The lowest BCUT2D eigenvalue weighted by molar-refractivity contribution is -0.129. The Hall–Kier alpha value is -1.39. The molecule has 0 aliphatic heterocycles. The van der Waals surface area contributed by atoms with Crippen molar-refractivity contribution in [3.05, 3.63) is 35.9 Å². The van der Waals surface area contributed by atoms with Gasteiger partial charge in [-0.3, -0.25) is 4.79 Å². The summed E-state index contributed by atoms with van der Waals surface area (Å²) >= 11 is 0. The van der Waals surface area contributed by atoms with Gasteiger partial charge in [-0.25, -0.2) is 0 Å². The average molecular weight is 275 g/mol. The van der Waals surface area contributed by atoms with Gasteiger partial charge in [0.05, 0.1) is 12.1 Å². The number of carbonyl (C=O) groups is 1. The van der Waals surface area contributed by atoms with Crippen LogP contribution in [0.2, 0.25) is 0 Å². The average Bonchev–Trinajstić information content (AvgIpc) is 2.66. The fourth-order valence-electron chi connectivity index (χ4n) is 3.21. The predicted molar refractivity (Wildman–Crippen MR) is 75.1 cm³/mol. The first-order valence-corrected chi connectivity index (χ1v) is 7.38. The molecule has 0 aromatic heterocycles. The van der Waals surface area contributed by atoms with Crippen molar-refractivity contribution in [3.8, 4) is 0 Å². The summed E-state index contributed by atoms with van der Waals surface area (Å²) in [4.78, 5) is 12.1. The number of hydrogen-bond acceptors (Lipinski definition) is 3. The lowest BCUT2D eigenvalue weighted by Crippen LogP contribution is -2.48. The van der Waals surface area contributed by atoms with E-state index in [4.69, 9.17) is 0 Å². The first-order chi connectivity index (χ1) is 9.66. The van der Waals surface area contributed by atoms with E-state index in [0.717, 1.165) is 24.8 Å². The Morgan fingerprint density at radius 2 is 1.85 bits per heavy atom. The topological polar surface area (TPSA) is 69.6 Å². The monoisotopic (exact) mass is 275 g/mol. The SMILES string of the molecule is O=C(N[C@H]1[C@H](O)[C@H](O)C[C@@H]1c1ccccc1)C1CCC1. The number of carbonyl (C=O) groups excluding carboxylic acids is 1. The predicted octanol–water partition coefficient (Wildman–Crippen LogP) is 1.18. The molecule has 4 nitrogen and oxygen atoms in total. The second-order valence-electron chi connectivity index (χ2n) is 5.97. The van der Waals surface area contributed by atoms with Gasteiger partial charge in [-0.2, -0.15) is 0 Å². The van der Waals surface area contributed by atoms with Gasteiger partial charge in [0.25, 0.3) is 0 Å². The fourth-order valence-corrected chi connectivity index (χ4v) is 3.21. The molecule has 108 valence electrons. The Kier molecular flexibility index (Phi) is 3.76. The molecule has 1 amide bonds. The van der Waals surface area contributed by atoms with Gasteiger partial charge in [0, 0.05) is 11.8 Å². The van der Waals surface area contributed by atoms with E-state index in [2.05, 4.69) is 5.32 Å². The van der Waals surface area contributed by atoms with Crippen molar-refractivity contribution in [1.82, 2.24) is 5.32 Å². The molecule has 2 aliphatic rings. The number of hydrogen-bond donors (Lipinski definition) is 3. The molecule has 4 atom stereocenters. The number of aliphatic hydroxyl groups excluding tert-OH is 2. The second kappa shape index (κ2) is 5.54. The van der Waals surface area contributed by atoms with Gasteiger partial charge in [0.2, 0.25) is 5.91 Å². The quantitative estimate of drug-likeness (QED) is 0.776. The molecule has 0 saturated heterocycles. The lowest BCUT2D eigenvalue weighted by atomic mass is 9.84. The van der Waals surface area contributed by atoms with Crippen LogP contribution in [0.15, 0.2) is 30.3 Å². The van der Waals surface area contributed by atoms with Gasteiger partial charge in [-0.15, -0.1) is 0 Å². The summed E-state index contributed by atoms with van der Waals surface area (Å²) in [5, 5.41) is 23.0. The van der Waals surface area contributed by atoms with Gasteiger partial charge in [-0.1, -0.05) is 36.8 Å². The highest BCUT2D eigenvalue weighted by Gasteiger charge is 2.43. The molecule has 0 heterocycles. The summed E-state index contributed by atoms with van der Waals surface area (Å²) < 4.78 is 0. The van der Waals surface area contributed by atoms with E-state index in [-0.39, 0.29) is 23.8 Å². The summed E-state index contributed by atoms with van der Waals surface area (Å²) in [6, 6.07) is 9.40. The van der Waals surface area contributed by atoms with Crippen LogP contribution in [0.5, 0.6) is 0 Å². The zero-order chi connectivity index (χ0) is 14.1. The largest absolute Gasteiger partial charge is 0.390 e. The molecule has 3 rings (SSSR count). The third-order valence-electron chi connectivity index (χ3n) is 4.70. The van der Waals surface area contributed by atoms with E-state index in [9.17, 15) is 15.0 Å².